The van der Waals surface area contributed by atoms with E-state index in [-0.39, 0.29) is 121 Å². The third-order valence-corrected chi connectivity index (χ3v) is 15.3. The lowest BCUT2D eigenvalue weighted by atomic mass is 9.75. The maximum Gasteiger partial charge on any atom is 0.344 e. The molecule has 1 aliphatic rings. The molecule has 0 saturated carbocycles. The van der Waals surface area contributed by atoms with Gasteiger partial charge in [-0.1, -0.05) is 61.5 Å². The Hall–Kier alpha value is -8.44. The third kappa shape index (κ3) is 27.7. The number of aromatic hydroxyl groups is 1. The summed E-state index contributed by atoms with van der Waals surface area (Å²) >= 11 is 0. The zero-order valence-electron chi connectivity index (χ0n) is 52.1. The first-order valence-electron chi connectivity index (χ1n) is 30.1. The SMILES string of the molecule is CCC(=O)NCCNC(=O)/N=C(/N)NCCC[C@@H](NC(=O)C(C)(c1ccccc1)c1ccc(NCC(=O)N(C)CCCN(C)CCCN(C)C(=O)CN2CCN(CC(=O)O)CCN(CC(=O)O)CCN(CC(=O)O)CC2)cc1)C(=O)NCc1ccc(O)cc1. The van der Waals surface area contributed by atoms with Crippen LogP contribution in [0.1, 0.15) is 62.6 Å². The Labute approximate surface area is 521 Å². The van der Waals surface area contributed by atoms with Crippen molar-refractivity contribution in [3.63, 3.8) is 0 Å². The highest BCUT2D eigenvalue weighted by Gasteiger charge is 2.39. The summed E-state index contributed by atoms with van der Waals surface area (Å²) in [4.78, 5) is 130. The summed E-state index contributed by atoms with van der Waals surface area (Å²) in [5.41, 5.74) is 7.31. The number of phenols is 1. The molecule has 4 rings (SSSR count). The molecule has 0 radical (unpaired) electrons. The number of carbonyl (C=O) groups excluding carboxylic acids is 6. The number of guanidine groups is 1. The molecule has 0 aliphatic carbocycles. The van der Waals surface area contributed by atoms with Crippen molar-refractivity contribution in [2.75, 3.05) is 157 Å². The number of carbonyl (C=O) groups is 9. The number of benzene rings is 3. The molecule has 1 saturated heterocycles. The molecule has 490 valence electrons. The largest absolute Gasteiger partial charge is 0.508 e. The summed E-state index contributed by atoms with van der Waals surface area (Å²) in [7, 11) is 5.44. The number of aliphatic imine (C=N–C) groups is 1. The number of phenolic OH excluding ortho intramolecular Hbond substituents is 1. The Morgan fingerprint density at radius 2 is 1.09 bits per heavy atom. The van der Waals surface area contributed by atoms with Crippen molar-refractivity contribution in [2.24, 2.45) is 10.7 Å². The van der Waals surface area contributed by atoms with Crippen molar-refractivity contribution in [3.05, 3.63) is 95.6 Å². The fourth-order valence-corrected chi connectivity index (χ4v) is 9.75. The number of amides is 7. The lowest BCUT2D eigenvalue weighted by Crippen LogP contribution is -2.52. The Balaban J connectivity index is 1.28. The lowest BCUT2D eigenvalue weighted by molar-refractivity contribution is -0.140. The molecule has 1 fully saturated rings. The van der Waals surface area contributed by atoms with Gasteiger partial charge in [-0.25, -0.2) is 4.79 Å². The van der Waals surface area contributed by atoms with Crippen molar-refractivity contribution in [3.8, 4) is 5.75 Å². The number of hydrogen-bond acceptors (Lipinski definition) is 16. The zero-order valence-corrected chi connectivity index (χ0v) is 52.1. The van der Waals surface area contributed by atoms with Crippen LogP contribution in [0.25, 0.3) is 0 Å². The van der Waals surface area contributed by atoms with Crippen LogP contribution in [0.4, 0.5) is 10.5 Å². The van der Waals surface area contributed by atoms with Crippen molar-refractivity contribution in [2.45, 2.75) is 64.0 Å². The average molecular weight is 1240 g/mol. The van der Waals surface area contributed by atoms with Gasteiger partial charge in [-0.15, -0.1) is 0 Å². The number of hydrogen-bond donors (Lipinski definition) is 11. The fourth-order valence-electron chi connectivity index (χ4n) is 9.75. The number of anilines is 1. The third-order valence-electron chi connectivity index (χ3n) is 15.3. The van der Waals surface area contributed by atoms with Gasteiger partial charge in [0.1, 0.15) is 11.8 Å². The van der Waals surface area contributed by atoms with Gasteiger partial charge in [0.15, 0.2) is 5.96 Å². The summed E-state index contributed by atoms with van der Waals surface area (Å²) in [5.74, 6) is -4.49. The predicted octanol–water partition coefficient (Wildman–Crippen LogP) is -0.0642. The summed E-state index contributed by atoms with van der Waals surface area (Å²) in [5, 5.41) is 55.5. The van der Waals surface area contributed by atoms with Gasteiger partial charge in [-0.3, -0.25) is 58.0 Å². The summed E-state index contributed by atoms with van der Waals surface area (Å²) in [6, 6.07) is 21.0. The molecule has 3 aromatic rings. The molecular formula is C61H93N15O13. The Kier molecular flexibility index (Phi) is 31.8. The molecule has 0 bridgehead atoms. The number of nitrogens with one attached hydrogen (secondary N) is 6. The van der Waals surface area contributed by atoms with E-state index in [1.165, 1.54) is 12.1 Å². The van der Waals surface area contributed by atoms with E-state index in [1.807, 2.05) is 42.3 Å². The van der Waals surface area contributed by atoms with Crippen LogP contribution >= 0.6 is 0 Å². The van der Waals surface area contributed by atoms with Crippen LogP contribution in [0.3, 0.4) is 0 Å². The molecule has 89 heavy (non-hydrogen) atoms. The fraction of sp³-hybridized carbons (Fsp3) is 0.541. The lowest BCUT2D eigenvalue weighted by Gasteiger charge is -2.33. The Morgan fingerprint density at radius 1 is 0.596 bits per heavy atom. The minimum absolute atomic E-state index is 0.00887. The van der Waals surface area contributed by atoms with Gasteiger partial charge >= 0.3 is 23.9 Å². The van der Waals surface area contributed by atoms with E-state index in [0.29, 0.717) is 94.9 Å². The van der Waals surface area contributed by atoms with Crippen LogP contribution in [0, 0.1) is 0 Å². The van der Waals surface area contributed by atoms with Crippen LogP contribution < -0.4 is 37.6 Å². The first-order chi connectivity index (χ1) is 42.4. The van der Waals surface area contributed by atoms with E-state index in [0.717, 1.165) is 5.56 Å². The van der Waals surface area contributed by atoms with Crippen LogP contribution in [0.5, 0.6) is 5.75 Å². The maximum atomic E-state index is 14.8. The monoisotopic (exact) mass is 1240 g/mol. The van der Waals surface area contributed by atoms with Gasteiger partial charge in [0.25, 0.3) is 0 Å². The maximum absolute atomic E-state index is 14.8. The summed E-state index contributed by atoms with van der Waals surface area (Å²) in [6.07, 6.45) is 2.18. The van der Waals surface area contributed by atoms with Crippen molar-refractivity contribution < 1.29 is 63.6 Å². The topological polar surface area (TPSA) is 368 Å². The van der Waals surface area contributed by atoms with Gasteiger partial charge in [-0.05, 0) is 93.7 Å². The molecule has 2 atom stereocenters. The number of likely N-dealkylation sites (N-methyl/N-ethyl adjacent to an activating group) is 2. The van der Waals surface area contributed by atoms with Gasteiger partial charge in [0.2, 0.25) is 29.5 Å². The second kappa shape index (κ2) is 38.8. The molecule has 1 unspecified atom stereocenters. The predicted molar refractivity (Wildman–Crippen MR) is 336 cm³/mol. The van der Waals surface area contributed by atoms with Gasteiger partial charge in [-0.2, -0.15) is 4.99 Å². The van der Waals surface area contributed by atoms with Crippen molar-refractivity contribution >= 4 is 65.1 Å². The second-order valence-electron chi connectivity index (χ2n) is 22.3. The Bertz CT molecular complexity index is 2750. The average Bonchev–Trinajstić information content (AvgIpc) is 1.04. The number of carboxylic acid groups (broad SMARTS) is 3. The van der Waals surface area contributed by atoms with E-state index >= 15 is 0 Å². The first-order valence-corrected chi connectivity index (χ1v) is 30.1. The van der Waals surface area contributed by atoms with Gasteiger partial charge in [0, 0.05) is 118 Å². The molecule has 3 aromatic carbocycles. The number of nitrogens with two attached hydrogens (primary N) is 1. The van der Waals surface area contributed by atoms with E-state index in [2.05, 4.69) is 41.8 Å². The number of urea groups is 1. The molecule has 12 N–H and O–H groups in total. The molecule has 7 amide bonds. The number of rotatable bonds is 34. The standard InChI is InChI=1S/C61H93N15O13/c1-6-51(78)63-25-26-65-60(89)69-59(62)64-24-10-15-50(57(87)67-39-45-16-22-49(77)23-17-45)68-58(88)61(2,46-13-8-7-9-14-46)47-18-20-48(21-19-47)66-40-52(79)71(4)29-11-27-70(3)28-12-30-72(5)53(80)41-73-31-33-74(42-54(81)82)35-37-76(44-56(85)86)38-36-75(34-32-73)43-55(83)84/h7-9,13-14,16-23,50,66,77H,6,10-12,15,24-44H2,1-5H3,(H,63,78)(H,67,87)(H,68,88)(H,81,82)(H,83,84)(H,85,86)(H4,62,64,65,69,89)/t50-,61?/m1/s1. The smallest absolute Gasteiger partial charge is 0.344 e. The first kappa shape index (κ1) is 73.0. The zero-order chi connectivity index (χ0) is 65.3. The molecule has 1 heterocycles. The van der Waals surface area contributed by atoms with Crippen LogP contribution in [-0.2, 0) is 50.3 Å². The summed E-state index contributed by atoms with van der Waals surface area (Å²) in [6.45, 7) is 8.29. The number of aliphatic carboxylic acids is 3. The highest BCUT2D eigenvalue weighted by molar-refractivity contribution is 5.96. The minimum Gasteiger partial charge on any atom is -0.508 e. The van der Waals surface area contributed by atoms with Crippen molar-refractivity contribution in [1.29, 1.82) is 0 Å². The molecule has 0 spiro atoms. The molecule has 28 nitrogen and oxygen atoms in total. The normalized spacial score (nSPS) is 15.0. The summed E-state index contributed by atoms with van der Waals surface area (Å²) < 4.78 is 0. The molecular weight excluding hydrogens is 1150 g/mol. The van der Waals surface area contributed by atoms with E-state index in [1.54, 1.807) is 88.8 Å². The van der Waals surface area contributed by atoms with Crippen LogP contribution in [0.2, 0.25) is 0 Å². The van der Waals surface area contributed by atoms with Gasteiger partial charge < -0.3 is 72.8 Å². The highest BCUT2D eigenvalue weighted by atomic mass is 16.4. The van der Waals surface area contributed by atoms with E-state index < -0.39 is 47.2 Å². The quantitative estimate of drug-likeness (QED) is 0.0212. The van der Waals surface area contributed by atoms with Crippen molar-refractivity contribution in [1.82, 2.24) is 60.9 Å². The Morgan fingerprint density at radius 3 is 1.61 bits per heavy atom. The molecule has 28 heteroatoms. The van der Waals surface area contributed by atoms with Gasteiger partial charge in [0.05, 0.1) is 38.1 Å². The van der Waals surface area contributed by atoms with E-state index in [4.69, 9.17) is 5.73 Å². The molecule has 0 aromatic heterocycles. The van der Waals surface area contributed by atoms with E-state index in [9.17, 15) is 63.6 Å². The van der Waals surface area contributed by atoms with Crippen LogP contribution in [0.15, 0.2) is 83.9 Å². The number of carboxylic acids is 3. The second-order valence-corrected chi connectivity index (χ2v) is 22.3. The number of nitrogens with zero attached hydrogens (tertiary/aromatic N) is 8. The van der Waals surface area contributed by atoms with Crippen LogP contribution in [-0.4, -0.2) is 272 Å². The minimum atomic E-state index is -1.30. The highest BCUT2D eigenvalue weighted by Crippen LogP contribution is 2.33. The molecule has 1 aliphatic heterocycles.